The average Bonchev–Trinajstić information content (AvgIpc) is 3.26. The van der Waals surface area contributed by atoms with Gasteiger partial charge in [-0.2, -0.15) is 0 Å². The van der Waals surface area contributed by atoms with Crippen LogP contribution in [0.1, 0.15) is 37.3 Å². The van der Waals surface area contributed by atoms with Crippen molar-refractivity contribution in [3.63, 3.8) is 0 Å². The Morgan fingerprint density at radius 2 is 1.82 bits per heavy atom. The maximum atomic E-state index is 11.7. The fourth-order valence-corrected chi connectivity index (χ4v) is 4.39. The molecule has 2 aromatic carbocycles. The van der Waals surface area contributed by atoms with E-state index in [9.17, 15) is 4.79 Å². The van der Waals surface area contributed by atoms with Gasteiger partial charge in [-0.15, -0.1) is 0 Å². The maximum Gasteiger partial charge on any atom is 0.220 e. The largest absolute Gasteiger partial charge is 0.359 e. The molecule has 33 heavy (non-hydrogen) atoms. The molecule has 0 atom stereocenters. The quantitative estimate of drug-likeness (QED) is 0.431. The Kier molecular flexibility index (Phi) is 7.60. The molecule has 174 valence electrons. The number of aliphatic imine (C=N–C) groups is 1. The smallest absolute Gasteiger partial charge is 0.220 e. The first-order valence-corrected chi connectivity index (χ1v) is 11.9. The highest BCUT2D eigenvalue weighted by Crippen LogP contribution is 2.21. The summed E-state index contributed by atoms with van der Waals surface area (Å²) in [6.07, 6.45) is 4.58. The van der Waals surface area contributed by atoms with E-state index in [2.05, 4.69) is 62.3 Å². The van der Waals surface area contributed by atoms with Gasteiger partial charge in [0.1, 0.15) is 0 Å². The molecule has 0 spiro atoms. The highest BCUT2D eigenvalue weighted by atomic mass is 16.1. The SMILES string of the molecule is CCNC(=NCc1ccc(Cn2cnc3ccccc32)cc1)N1CCC(CC(=O)NC)CC1. The standard InChI is InChI=1S/C26H34N6O/c1-3-28-26(31-14-12-20(13-15-31)16-25(33)27-2)29-17-21-8-10-22(11-9-21)18-32-19-30-23-6-4-5-7-24(23)32/h4-11,19-20H,3,12-18H2,1-2H3,(H,27,33)(H,28,29). The van der Waals surface area contributed by atoms with Crippen LogP contribution in [-0.4, -0.2) is 53.0 Å². The zero-order chi connectivity index (χ0) is 23.0. The van der Waals surface area contributed by atoms with E-state index in [4.69, 9.17) is 4.99 Å². The molecule has 0 aliphatic carbocycles. The number of guanidine groups is 1. The molecule has 1 fully saturated rings. The number of amides is 1. The lowest BCUT2D eigenvalue weighted by molar-refractivity contribution is -0.121. The van der Waals surface area contributed by atoms with Crippen molar-refractivity contribution in [1.29, 1.82) is 0 Å². The molecule has 1 saturated heterocycles. The van der Waals surface area contributed by atoms with Crippen LogP contribution in [0.3, 0.4) is 0 Å². The Hall–Kier alpha value is -3.35. The molecule has 3 aromatic rings. The fourth-order valence-electron chi connectivity index (χ4n) is 4.39. The van der Waals surface area contributed by atoms with Crippen LogP contribution in [0.2, 0.25) is 0 Å². The summed E-state index contributed by atoms with van der Waals surface area (Å²) in [5.41, 5.74) is 4.62. The van der Waals surface area contributed by atoms with Crippen molar-refractivity contribution < 1.29 is 4.79 Å². The molecule has 0 radical (unpaired) electrons. The first-order valence-electron chi connectivity index (χ1n) is 11.9. The van der Waals surface area contributed by atoms with E-state index >= 15 is 0 Å². The van der Waals surface area contributed by atoms with E-state index in [1.165, 1.54) is 11.1 Å². The third kappa shape index (κ3) is 5.92. The maximum absolute atomic E-state index is 11.7. The fraction of sp³-hybridized carbons (Fsp3) is 0.423. The van der Waals surface area contributed by atoms with Gasteiger partial charge in [-0.1, -0.05) is 36.4 Å². The number of aromatic nitrogens is 2. The van der Waals surface area contributed by atoms with Crippen LogP contribution >= 0.6 is 0 Å². The number of nitrogens with zero attached hydrogens (tertiary/aromatic N) is 4. The number of piperidine rings is 1. The number of carbonyl (C=O) groups excluding carboxylic acids is 1. The van der Waals surface area contributed by atoms with Crippen LogP contribution in [0.25, 0.3) is 11.0 Å². The summed E-state index contributed by atoms with van der Waals surface area (Å²) >= 11 is 0. The van der Waals surface area contributed by atoms with E-state index < -0.39 is 0 Å². The predicted molar refractivity (Wildman–Crippen MR) is 133 cm³/mol. The van der Waals surface area contributed by atoms with E-state index in [0.717, 1.165) is 56.0 Å². The summed E-state index contributed by atoms with van der Waals surface area (Å²) < 4.78 is 2.18. The second kappa shape index (κ2) is 11.0. The van der Waals surface area contributed by atoms with Gasteiger partial charge in [0.05, 0.1) is 23.9 Å². The molecule has 1 aliphatic heterocycles. The lowest BCUT2D eigenvalue weighted by Crippen LogP contribution is -2.46. The number of imidazole rings is 1. The molecule has 1 amide bonds. The second-order valence-corrected chi connectivity index (χ2v) is 8.66. The number of likely N-dealkylation sites (tertiary alicyclic amines) is 1. The summed E-state index contributed by atoms with van der Waals surface area (Å²) in [6.45, 7) is 6.26. The molecule has 7 heteroatoms. The molecule has 2 N–H and O–H groups in total. The minimum absolute atomic E-state index is 0.138. The normalized spacial score (nSPS) is 15.1. The third-order valence-corrected chi connectivity index (χ3v) is 6.32. The first-order chi connectivity index (χ1) is 16.2. The molecule has 0 unspecified atom stereocenters. The van der Waals surface area contributed by atoms with Crippen molar-refractivity contribution in [2.45, 2.75) is 39.3 Å². The van der Waals surface area contributed by atoms with Crippen LogP contribution in [0.15, 0.2) is 59.9 Å². The van der Waals surface area contributed by atoms with Gasteiger partial charge in [-0.3, -0.25) is 4.79 Å². The average molecular weight is 447 g/mol. The summed E-state index contributed by atoms with van der Waals surface area (Å²) in [5.74, 6) is 1.56. The molecular formula is C26H34N6O. The third-order valence-electron chi connectivity index (χ3n) is 6.32. The Morgan fingerprint density at radius 3 is 2.55 bits per heavy atom. The van der Waals surface area contributed by atoms with Gasteiger partial charge in [0, 0.05) is 39.6 Å². The zero-order valence-corrected chi connectivity index (χ0v) is 19.6. The lowest BCUT2D eigenvalue weighted by atomic mass is 9.93. The highest BCUT2D eigenvalue weighted by Gasteiger charge is 2.23. The van der Waals surface area contributed by atoms with Crippen molar-refractivity contribution in [2.24, 2.45) is 10.9 Å². The lowest BCUT2D eigenvalue weighted by Gasteiger charge is -2.34. The highest BCUT2D eigenvalue weighted by molar-refractivity contribution is 5.80. The minimum Gasteiger partial charge on any atom is -0.359 e. The van der Waals surface area contributed by atoms with Crippen LogP contribution in [0.5, 0.6) is 0 Å². The van der Waals surface area contributed by atoms with Crippen molar-refractivity contribution in [1.82, 2.24) is 25.1 Å². The summed E-state index contributed by atoms with van der Waals surface area (Å²) in [4.78, 5) is 23.4. The van der Waals surface area contributed by atoms with Gasteiger partial charge in [-0.05, 0) is 48.9 Å². The molecule has 7 nitrogen and oxygen atoms in total. The number of para-hydroxylation sites is 2. The van der Waals surface area contributed by atoms with E-state index in [0.29, 0.717) is 18.9 Å². The van der Waals surface area contributed by atoms with E-state index in [1.807, 2.05) is 24.5 Å². The summed E-state index contributed by atoms with van der Waals surface area (Å²) in [6, 6.07) is 16.9. The van der Waals surface area contributed by atoms with Crippen molar-refractivity contribution in [3.05, 3.63) is 66.0 Å². The van der Waals surface area contributed by atoms with Crippen LogP contribution in [0.4, 0.5) is 0 Å². The first kappa shape index (κ1) is 22.8. The molecule has 0 bridgehead atoms. The molecule has 1 aliphatic rings. The molecule has 4 rings (SSSR count). The Balaban J connectivity index is 1.35. The molecule has 1 aromatic heterocycles. The Bertz CT molecular complexity index is 1080. The van der Waals surface area contributed by atoms with Gasteiger partial charge >= 0.3 is 0 Å². The van der Waals surface area contributed by atoms with Crippen molar-refractivity contribution in [3.8, 4) is 0 Å². The Morgan fingerprint density at radius 1 is 1.09 bits per heavy atom. The Labute approximate surface area is 195 Å². The number of hydrogen-bond donors (Lipinski definition) is 2. The predicted octanol–water partition coefficient (Wildman–Crippen LogP) is 3.40. The number of nitrogens with one attached hydrogen (secondary N) is 2. The molecular weight excluding hydrogens is 412 g/mol. The van der Waals surface area contributed by atoms with Gasteiger partial charge in [-0.25, -0.2) is 9.98 Å². The second-order valence-electron chi connectivity index (χ2n) is 8.66. The van der Waals surface area contributed by atoms with E-state index in [1.54, 1.807) is 7.05 Å². The number of carbonyl (C=O) groups is 1. The van der Waals surface area contributed by atoms with Gasteiger partial charge < -0.3 is 20.1 Å². The minimum atomic E-state index is 0.138. The van der Waals surface area contributed by atoms with Gasteiger partial charge in [0.25, 0.3) is 0 Å². The van der Waals surface area contributed by atoms with Crippen LogP contribution in [0, 0.1) is 5.92 Å². The monoisotopic (exact) mass is 446 g/mol. The number of benzene rings is 2. The topological polar surface area (TPSA) is 74.5 Å². The van der Waals surface area contributed by atoms with Crippen LogP contribution in [-0.2, 0) is 17.9 Å². The number of hydrogen-bond acceptors (Lipinski definition) is 3. The van der Waals surface area contributed by atoms with Gasteiger partial charge in [0.15, 0.2) is 5.96 Å². The zero-order valence-electron chi connectivity index (χ0n) is 19.6. The van der Waals surface area contributed by atoms with E-state index in [-0.39, 0.29) is 5.91 Å². The summed E-state index contributed by atoms with van der Waals surface area (Å²) in [5, 5.41) is 6.17. The van der Waals surface area contributed by atoms with Crippen LogP contribution < -0.4 is 10.6 Å². The molecule has 0 saturated carbocycles. The summed E-state index contributed by atoms with van der Waals surface area (Å²) in [7, 11) is 1.71. The number of rotatable bonds is 7. The molecule has 2 heterocycles. The van der Waals surface area contributed by atoms with Crippen molar-refractivity contribution in [2.75, 3.05) is 26.7 Å². The van der Waals surface area contributed by atoms with Gasteiger partial charge in [0.2, 0.25) is 5.91 Å². The number of fused-ring (bicyclic) bond motifs is 1. The van der Waals surface area contributed by atoms with Crippen molar-refractivity contribution >= 4 is 22.9 Å².